The predicted molar refractivity (Wildman–Crippen MR) is 105 cm³/mol. The van der Waals surface area contributed by atoms with Gasteiger partial charge in [-0.1, -0.05) is 19.3 Å². The van der Waals surface area contributed by atoms with Crippen molar-refractivity contribution in [3.63, 3.8) is 0 Å². The first-order valence-corrected chi connectivity index (χ1v) is 10.6. The van der Waals surface area contributed by atoms with Gasteiger partial charge in [0.05, 0.1) is 24.4 Å². The lowest BCUT2D eigenvalue weighted by atomic mass is 9.87. The van der Waals surface area contributed by atoms with Crippen molar-refractivity contribution in [3.05, 3.63) is 17.1 Å². The average molecular weight is 373 g/mol. The third-order valence-corrected chi connectivity index (χ3v) is 6.14. The zero-order valence-electron chi connectivity index (χ0n) is 16.9. The summed E-state index contributed by atoms with van der Waals surface area (Å²) in [6.07, 6.45) is 6.97. The molecule has 148 valence electrons. The van der Waals surface area contributed by atoms with E-state index in [0.29, 0.717) is 12.5 Å². The van der Waals surface area contributed by atoms with Gasteiger partial charge < -0.3 is 14.5 Å². The molecule has 0 aromatic carbocycles. The molecule has 1 saturated heterocycles. The summed E-state index contributed by atoms with van der Waals surface area (Å²) in [6.45, 7) is 9.31. The van der Waals surface area contributed by atoms with E-state index in [4.69, 9.17) is 14.7 Å². The number of ether oxygens (including phenoxy) is 1. The van der Waals surface area contributed by atoms with E-state index in [9.17, 15) is 4.79 Å². The molecule has 1 aromatic rings. The standard InChI is InChI=1S/C21H32N4O2/c1-14-11-25(12-15(2)27-14)20-18-13-24(10-9-19(18)22-16(3)23-20)21(26)17-7-5-4-6-8-17/h14-15,17H,4-13H2,1-3H3. The summed E-state index contributed by atoms with van der Waals surface area (Å²) in [6, 6.07) is 0. The second-order valence-corrected chi connectivity index (χ2v) is 8.53. The molecular formula is C21H32N4O2. The van der Waals surface area contributed by atoms with Gasteiger partial charge in [-0.25, -0.2) is 9.97 Å². The summed E-state index contributed by atoms with van der Waals surface area (Å²) in [5.41, 5.74) is 2.27. The van der Waals surface area contributed by atoms with Crippen LogP contribution in [0.25, 0.3) is 0 Å². The molecule has 27 heavy (non-hydrogen) atoms. The summed E-state index contributed by atoms with van der Waals surface area (Å²) >= 11 is 0. The van der Waals surface area contributed by atoms with Crippen molar-refractivity contribution in [2.24, 2.45) is 5.92 Å². The Kier molecular flexibility index (Phi) is 5.35. The Morgan fingerprint density at radius 3 is 2.48 bits per heavy atom. The third-order valence-electron chi connectivity index (χ3n) is 6.14. The Labute approximate surface area is 162 Å². The highest BCUT2D eigenvalue weighted by atomic mass is 16.5. The van der Waals surface area contributed by atoms with Crippen LogP contribution in [0.1, 0.15) is 63.0 Å². The summed E-state index contributed by atoms with van der Waals surface area (Å²) in [5.74, 6) is 2.40. The molecule has 2 fully saturated rings. The van der Waals surface area contributed by atoms with Gasteiger partial charge in [-0.3, -0.25) is 4.79 Å². The van der Waals surface area contributed by atoms with Crippen LogP contribution < -0.4 is 4.90 Å². The van der Waals surface area contributed by atoms with Crippen LogP contribution in [0.2, 0.25) is 0 Å². The second-order valence-electron chi connectivity index (χ2n) is 8.53. The van der Waals surface area contributed by atoms with Crippen molar-refractivity contribution < 1.29 is 9.53 Å². The number of hydrogen-bond donors (Lipinski definition) is 0. The smallest absolute Gasteiger partial charge is 0.225 e. The highest BCUT2D eigenvalue weighted by molar-refractivity contribution is 5.79. The van der Waals surface area contributed by atoms with Gasteiger partial charge in [0.2, 0.25) is 5.91 Å². The number of rotatable bonds is 2. The van der Waals surface area contributed by atoms with E-state index in [1.807, 2.05) is 6.92 Å². The molecule has 0 N–H and O–H groups in total. The Morgan fingerprint density at radius 2 is 1.78 bits per heavy atom. The first-order valence-electron chi connectivity index (χ1n) is 10.6. The van der Waals surface area contributed by atoms with Crippen LogP contribution in [-0.2, 0) is 22.5 Å². The molecule has 1 aliphatic carbocycles. The van der Waals surface area contributed by atoms with E-state index < -0.39 is 0 Å². The Morgan fingerprint density at radius 1 is 1.07 bits per heavy atom. The van der Waals surface area contributed by atoms with Gasteiger partial charge in [-0.2, -0.15) is 0 Å². The molecule has 1 amide bonds. The van der Waals surface area contributed by atoms with E-state index in [1.54, 1.807) is 0 Å². The molecule has 6 nitrogen and oxygen atoms in total. The summed E-state index contributed by atoms with van der Waals surface area (Å²) in [4.78, 5) is 27.0. The van der Waals surface area contributed by atoms with Gasteiger partial charge in [-0.05, 0) is 33.6 Å². The zero-order valence-corrected chi connectivity index (χ0v) is 16.9. The minimum atomic E-state index is 0.184. The van der Waals surface area contributed by atoms with Gasteiger partial charge in [0.25, 0.3) is 0 Å². The zero-order chi connectivity index (χ0) is 19.0. The molecule has 3 heterocycles. The van der Waals surface area contributed by atoms with E-state index >= 15 is 0 Å². The van der Waals surface area contributed by atoms with Crippen LogP contribution in [0, 0.1) is 12.8 Å². The molecule has 0 radical (unpaired) electrons. The highest BCUT2D eigenvalue weighted by Gasteiger charge is 2.33. The molecule has 1 aromatic heterocycles. The normalized spacial score (nSPS) is 26.8. The van der Waals surface area contributed by atoms with Crippen LogP contribution in [0.3, 0.4) is 0 Å². The fourth-order valence-electron chi connectivity index (χ4n) is 4.93. The van der Waals surface area contributed by atoms with Crippen molar-refractivity contribution in [2.45, 2.75) is 78.0 Å². The molecule has 0 spiro atoms. The minimum Gasteiger partial charge on any atom is -0.372 e. The average Bonchev–Trinajstić information content (AvgIpc) is 2.66. The number of aryl methyl sites for hydroxylation is 1. The Balaban J connectivity index is 1.59. The topological polar surface area (TPSA) is 58.6 Å². The first-order chi connectivity index (χ1) is 13.0. The maximum absolute atomic E-state index is 13.1. The van der Waals surface area contributed by atoms with Crippen LogP contribution in [0.4, 0.5) is 5.82 Å². The van der Waals surface area contributed by atoms with Gasteiger partial charge in [-0.15, -0.1) is 0 Å². The molecule has 2 atom stereocenters. The molecule has 6 heteroatoms. The monoisotopic (exact) mass is 372 g/mol. The number of carbonyl (C=O) groups excluding carboxylic acids is 1. The summed E-state index contributed by atoms with van der Waals surface area (Å²) < 4.78 is 5.90. The number of aromatic nitrogens is 2. The van der Waals surface area contributed by atoms with Crippen LogP contribution >= 0.6 is 0 Å². The van der Waals surface area contributed by atoms with Crippen molar-refractivity contribution in [3.8, 4) is 0 Å². The number of anilines is 1. The lowest BCUT2D eigenvalue weighted by Gasteiger charge is -2.39. The van der Waals surface area contributed by atoms with Crippen LogP contribution in [0.5, 0.6) is 0 Å². The number of morpholine rings is 1. The second kappa shape index (κ2) is 7.74. The van der Waals surface area contributed by atoms with Crippen molar-refractivity contribution in [2.75, 3.05) is 24.5 Å². The van der Waals surface area contributed by atoms with Gasteiger partial charge >= 0.3 is 0 Å². The molecule has 0 bridgehead atoms. The van der Waals surface area contributed by atoms with E-state index in [0.717, 1.165) is 61.8 Å². The van der Waals surface area contributed by atoms with Crippen molar-refractivity contribution >= 4 is 11.7 Å². The molecular weight excluding hydrogens is 340 g/mol. The predicted octanol–water partition coefficient (Wildman–Crippen LogP) is 2.86. The van der Waals surface area contributed by atoms with Gasteiger partial charge in [0, 0.05) is 37.5 Å². The van der Waals surface area contributed by atoms with E-state index in [2.05, 4.69) is 23.6 Å². The molecule has 4 rings (SSSR count). The number of fused-ring (bicyclic) bond motifs is 1. The van der Waals surface area contributed by atoms with Crippen LogP contribution in [-0.4, -0.2) is 52.6 Å². The highest BCUT2D eigenvalue weighted by Crippen LogP contribution is 2.31. The maximum atomic E-state index is 13.1. The largest absolute Gasteiger partial charge is 0.372 e. The molecule has 2 aliphatic heterocycles. The Bertz CT molecular complexity index is 692. The Hall–Kier alpha value is -1.69. The summed E-state index contributed by atoms with van der Waals surface area (Å²) in [5, 5.41) is 0. The van der Waals surface area contributed by atoms with Crippen LogP contribution in [0.15, 0.2) is 0 Å². The SMILES string of the molecule is Cc1nc2c(c(N3CC(C)OC(C)C3)n1)CN(C(=O)C1CCCCC1)CC2. The van der Waals surface area contributed by atoms with Crippen molar-refractivity contribution in [1.82, 2.24) is 14.9 Å². The number of carbonyl (C=O) groups is 1. The fourth-order valence-corrected chi connectivity index (χ4v) is 4.93. The van der Waals surface area contributed by atoms with E-state index in [1.165, 1.54) is 19.3 Å². The van der Waals surface area contributed by atoms with E-state index in [-0.39, 0.29) is 18.1 Å². The molecule has 1 saturated carbocycles. The fraction of sp³-hybridized carbons (Fsp3) is 0.762. The first kappa shape index (κ1) is 18.7. The van der Waals surface area contributed by atoms with Crippen molar-refractivity contribution in [1.29, 1.82) is 0 Å². The molecule has 2 unspecified atom stereocenters. The lowest BCUT2D eigenvalue weighted by molar-refractivity contribution is -0.137. The number of nitrogens with zero attached hydrogens (tertiary/aromatic N) is 4. The van der Waals surface area contributed by atoms with Gasteiger partial charge in [0.15, 0.2) is 0 Å². The van der Waals surface area contributed by atoms with Gasteiger partial charge in [0.1, 0.15) is 11.6 Å². The number of amides is 1. The maximum Gasteiger partial charge on any atom is 0.225 e. The number of hydrogen-bond acceptors (Lipinski definition) is 5. The molecule has 3 aliphatic rings. The lowest BCUT2D eigenvalue weighted by Crippen LogP contribution is -2.47. The summed E-state index contributed by atoms with van der Waals surface area (Å²) in [7, 11) is 0. The third kappa shape index (κ3) is 3.96. The quantitative estimate of drug-likeness (QED) is 0.799. The minimum absolute atomic E-state index is 0.184.